The summed E-state index contributed by atoms with van der Waals surface area (Å²) in [5, 5.41) is 44.5. The van der Waals surface area contributed by atoms with Crippen LogP contribution in [0.1, 0.15) is 42.0 Å². The number of carbonyl (C=O) groups is 8. The van der Waals surface area contributed by atoms with Crippen LogP contribution in [-0.4, -0.2) is 199 Å². The molecule has 4 aliphatic rings. The van der Waals surface area contributed by atoms with Gasteiger partial charge in [0, 0.05) is 141 Å². The summed E-state index contributed by atoms with van der Waals surface area (Å²) in [6.45, 7) is 13.4. The van der Waals surface area contributed by atoms with Gasteiger partial charge in [0.1, 0.15) is 75.1 Å². The van der Waals surface area contributed by atoms with E-state index in [0.29, 0.717) is 39.9 Å². The number of methoxy groups -OCH3 is 1. The molecule has 16 rings (SSSR count). The first-order valence-corrected chi connectivity index (χ1v) is 40.9. The van der Waals surface area contributed by atoms with Crippen molar-refractivity contribution in [1.82, 2.24) is 61.1 Å². The summed E-state index contributed by atoms with van der Waals surface area (Å²) in [5.41, 5.74) is 6.85. The average Bonchev–Trinajstić information content (AvgIpc) is 0.818. The van der Waals surface area contributed by atoms with E-state index in [9.17, 15) is 55.9 Å². The number of nitrogens with one attached hydrogen (secondary N) is 16. The Morgan fingerprint density at radius 2 is 0.600 bits per heavy atom. The minimum Gasteiger partial charge on any atom is -0.495 e. The van der Waals surface area contributed by atoms with Crippen LogP contribution in [0.4, 0.5) is 128 Å². The number of hydrogen-bond donors (Lipinski definition) is 16. The van der Waals surface area contributed by atoms with Gasteiger partial charge in [0.2, 0.25) is 0 Å². The highest BCUT2D eigenvalue weighted by atomic mass is 19.1. The molecule has 0 spiro atoms. The van der Waals surface area contributed by atoms with Crippen molar-refractivity contribution in [3.05, 3.63) is 284 Å². The lowest BCUT2D eigenvalue weighted by Crippen LogP contribution is -2.43. The maximum Gasteiger partial charge on any atom is 0.324 e. The average molecular weight is 1770 g/mol. The van der Waals surface area contributed by atoms with E-state index < -0.39 is 71.0 Å². The second kappa shape index (κ2) is 46.0. The maximum absolute atomic E-state index is 13.7. The fraction of sp³-hybridized carbons (Fsp3) is 0.191. The Kier molecular flexibility index (Phi) is 32.3. The highest BCUT2D eigenvalue weighted by molar-refractivity contribution is 6.09. The van der Waals surface area contributed by atoms with Crippen LogP contribution in [0.3, 0.4) is 0 Å². The molecule has 0 saturated carbocycles. The van der Waals surface area contributed by atoms with Gasteiger partial charge in [-0.3, -0.25) is 60.4 Å². The van der Waals surface area contributed by atoms with Crippen molar-refractivity contribution in [2.45, 2.75) is 0 Å². The molecule has 16 N–H and O–H groups in total. The molecule has 0 radical (unpaired) electrons. The van der Waals surface area contributed by atoms with Gasteiger partial charge in [0.25, 0.3) is 23.6 Å². The van der Waals surface area contributed by atoms with Crippen LogP contribution in [-0.2, 0) is 0 Å². The van der Waals surface area contributed by atoms with Crippen molar-refractivity contribution in [2.24, 2.45) is 0 Å². The number of carbonyl (C=O) groups excluding carboxylic acids is 8. The highest BCUT2D eigenvalue weighted by Crippen LogP contribution is 2.32. The summed E-state index contributed by atoms with van der Waals surface area (Å²) in [4.78, 5) is 142. The molecule has 12 aromatic rings. The predicted octanol–water partition coefficient (Wildman–Crippen LogP) is 11.7. The number of nitrogens with zero attached hydrogens (tertiary/aromatic N) is 12. The Morgan fingerprint density at radius 3 is 0.954 bits per heavy atom. The molecule has 4 aliphatic heterocycles. The number of piperazine rings is 4. The summed E-state index contributed by atoms with van der Waals surface area (Å²) < 4.78 is 59.2. The number of hydrogen-bond acceptors (Lipinski definition) is 25. The number of halogens is 4. The fourth-order valence-corrected chi connectivity index (χ4v) is 13.5. The number of benzene rings is 4. The number of anilines is 16. The van der Waals surface area contributed by atoms with Gasteiger partial charge in [-0.15, -0.1) is 0 Å². The van der Waals surface area contributed by atoms with Gasteiger partial charge in [-0.05, 0) is 127 Å². The largest absolute Gasteiger partial charge is 0.495 e. The zero-order chi connectivity index (χ0) is 90.9. The van der Waals surface area contributed by atoms with Crippen molar-refractivity contribution in [2.75, 3.05) is 195 Å². The van der Waals surface area contributed by atoms with E-state index >= 15 is 0 Å². The van der Waals surface area contributed by atoms with E-state index in [4.69, 9.17) is 4.74 Å². The first-order chi connectivity index (χ1) is 63.3. The molecule has 12 heterocycles. The molecule has 0 atom stereocenters. The first kappa shape index (κ1) is 91.3. The van der Waals surface area contributed by atoms with Crippen molar-refractivity contribution in [3.8, 4) is 5.75 Å². The number of pyridine rings is 8. The zero-order valence-electron chi connectivity index (χ0n) is 69.9. The van der Waals surface area contributed by atoms with E-state index in [2.05, 4.69) is 145 Å². The predicted molar refractivity (Wildman–Crippen MR) is 489 cm³/mol. The monoisotopic (exact) mass is 1770 g/mol. The number of para-hydroxylation sites is 3. The summed E-state index contributed by atoms with van der Waals surface area (Å²) in [7, 11) is 1.53. The Morgan fingerprint density at radius 1 is 0.292 bits per heavy atom. The molecule has 4 saturated heterocycles. The quantitative estimate of drug-likeness (QED) is 0.0297. The summed E-state index contributed by atoms with van der Waals surface area (Å²) in [5.74, 6) is -3.08. The first-order valence-electron chi connectivity index (χ1n) is 40.9. The van der Waals surface area contributed by atoms with Crippen LogP contribution in [0.25, 0.3) is 0 Å². The van der Waals surface area contributed by atoms with Crippen LogP contribution in [0.2, 0.25) is 0 Å². The topological polar surface area (TPSA) is 454 Å². The Bertz CT molecular complexity index is 5970. The third-order valence-corrected chi connectivity index (χ3v) is 19.6. The Hall–Kier alpha value is -16.4. The van der Waals surface area contributed by atoms with Gasteiger partial charge in [-0.25, -0.2) is 56.7 Å². The van der Waals surface area contributed by atoms with Crippen molar-refractivity contribution >= 4 is 139 Å². The smallest absolute Gasteiger partial charge is 0.324 e. The van der Waals surface area contributed by atoms with Crippen LogP contribution in [0.15, 0.2) is 238 Å². The standard InChI is InChI=1S/C23H25N7O3.C22H21F2N7O2.2C22H22FN7O2/c1-33-20-7-3-2-5-16(20)28-23(32)29-21-8-4-6-17(26-21)22(31)27-18-15-25-10-9-19(18)30-13-11-24-12-14-30;23-14-4-5-15(24)17(12-14)29-22(33)30-20-3-1-2-16(27-20)21(32)28-18-13-26-7-6-19(18)31-10-8-25-9-11-31;23-15-3-1-4-16(13-15)26-22(32)29-20-6-2-5-17(27-20)21(31)28-18-14-25-8-7-19(18)30-11-9-24-10-12-30;23-15-4-1-2-5-16(15)28-22(32)29-20-7-3-6-17(26-20)21(31)27-18-14-25-9-8-19(18)30-12-10-24-11-13-30/h2-10,15,24H,11-14H2,1H3,(H,27,31)(H2,26,28,29,32);1-7,12-13,25H,8-11H2,(H,28,32)(H2,27,29,30,33);1-8,13-14,24H,9-12H2,(H,28,31)(H2,26,27,29,32);1-9,14,24H,10-13H2,(H,27,31)(H2,26,28,29,32). The molecule has 130 heavy (non-hydrogen) atoms. The molecule has 12 amide bonds. The number of ether oxygens (including phenoxy) is 1. The van der Waals surface area contributed by atoms with Gasteiger partial charge in [-0.1, -0.05) is 54.6 Å². The molecule has 0 aliphatic carbocycles. The van der Waals surface area contributed by atoms with Crippen LogP contribution in [0, 0.1) is 23.3 Å². The molecule has 0 unspecified atom stereocenters. The third-order valence-electron chi connectivity index (χ3n) is 19.6. The molecular weight excluding hydrogens is 1680 g/mol. The third kappa shape index (κ3) is 26.6. The molecule has 668 valence electrons. The van der Waals surface area contributed by atoms with Gasteiger partial charge in [0.15, 0.2) is 0 Å². The normalized spacial score (nSPS) is 13.3. The van der Waals surface area contributed by atoms with E-state index in [1.807, 2.05) is 24.3 Å². The lowest BCUT2D eigenvalue weighted by molar-refractivity contribution is 0.101. The number of amides is 12. The zero-order valence-corrected chi connectivity index (χ0v) is 69.9. The number of rotatable bonds is 21. The van der Waals surface area contributed by atoms with Gasteiger partial charge < -0.3 is 88.1 Å². The van der Waals surface area contributed by atoms with Crippen LogP contribution in [0.5, 0.6) is 5.75 Å². The molecule has 37 nitrogen and oxygen atoms in total. The fourth-order valence-electron chi connectivity index (χ4n) is 13.5. The summed E-state index contributed by atoms with van der Waals surface area (Å²) >= 11 is 0. The molecule has 4 aromatic carbocycles. The van der Waals surface area contributed by atoms with Crippen molar-refractivity contribution < 1.29 is 60.7 Å². The van der Waals surface area contributed by atoms with E-state index in [0.717, 1.165) is 146 Å². The Balaban J connectivity index is 0.000000148. The summed E-state index contributed by atoms with van der Waals surface area (Å²) in [6.07, 6.45) is 13.1. The van der Waals surface area contributed by atoms with Crippen LogP contribution >= 0.6 is 0 Å². The van der Waals surface area contributed by atoms with Crippen molar-refractivity contribution in [1.29, 1.82) is 0 Å². The maximum atomic E-state index is 13.7. The molecule has 8 aromatic heterocycles. The molecule has 41 heteroatoms. The second-order valence-electron chi connectivity index (χ2n) is 28.6. The highest BCUT2D eigenvalue weighted by Gasteiger charge is 2.25. The van der Waals surface area contributed by atoms with Crippen molar-refractivity contribution in [3.63, 3.8) is 0 Å². The van der Waals surface area contributed by atoms with E-state index in [1.165, 1.54) is 67.8 Å². The molecular formula is C89H90F4N28O9. The van der Waals surface area contributed by atoms with Crippen LogP contribution < -0.4 is 109 Å². The molecule has 0 bridgehead atoms. The van der Waals surface area contributed by atoms with Gasteiger partial charge >= 0.3 is 24.1 Å². The lowest BCUT2D eigenvalue weighted by atomic mass is 10.2. The number of urea groups is 4. The number of aromatic nitrogens is 8. The minimum absolute atomic E-state index is 0.0379. The lowest BCUT2D eigenvalue weighted by Gasteiger charge is -2.30. The van der Waals surface area contributed by atoms with E-state index in [-0.39, 0.29) is 57.4 Å². The van der Waals surface area contributed by atoms with Gasteiger partial charge in [-0.2, -0.15) is 0 Å². The SMILES string of the molecule is COc1ccccc1NC(=O)Nc1cccc(C(=O)Nc2cnccc2N2CCNCC2)n1.O=C(Nc1cccc(C(=O)Nc2cnccc2N2CCNCC2)n1)Nc1cc(F)ccc1F.O=C(Nc1cccc(C(=O)Nc2cnccc2N2CCNCC2)n1)Nc1ccccc1F.O=C(Nc1cccc(F)c1)Nc1cccc(C(=O)Nc2cnccc2N2CCNCC2)n1. The summed E-state index contributed by atoms with van der Waals surface area (Å²) in [6, 6.07) is 44.7. The van der Waals surface area contributed by atoms with E-state index in [1.54, 1.807) is 135 Å². The van der Waals surface area contributed by atoms with Gasteiger partial charge in [0.05, 0.1) is 94.5 Å². The Labute approximate surface area is 742 Å². The molecule has 4 fully saturated rings. The minimum atomic E-state index is -0.835. The second-order valence-corrected chi connectivity index (χ2v) is 28.6.